The second-order valence-corrected chi connectivity index (χ2v) is 5.61. The highest BCUT2D eigenvalue weighted by Crippen LogP contribution is 2.20. The fraction of sp³-hybridized carbons (Fsp3) is 0.263. The topological polar surface area (TPSA) is 84.9 Å². The minimum Gasteiger partial charge on any atom is -0.497 e. The van der Waals surface area contributed by atoms with Crippen LogP contribution in [0.15, 0.2) is 48.5 Å². The molecule has 1 amide bonds. The summed E-state index contributed by atoms with van der Waals surface area (Å²) in [6.45, 7) is 3.27. The van der Waals surface area contributed by atoms with Crippen LogP contribution in [-0.4, -0.2) is 30.2 Å². The van der Waals surface area contributed by atoms with Crippen molar-refractivity contribution in [1.82, 2.24) is 0 Å². The van der Waals surface area contributed by atoms with Crippen molar-refractivity contribution in [1.29, 1.82) is 0 Å². The Hall–Kier alpha value is -3.02. The summed E-state index contributed by atoms with van der Waals surface area (Å²) in [4.78, 5) is 23.2. The number of hydrogen-bond donors (Lipinski definition) is 2. The van der Waals surface area contributed by atoms with E-state index in [9.17, 15) is 9.59 Å². The van der Waals surface area contributed by atoms with Gasteiger partial charge < -0.3 is 19.9 Å². The van der Waals surface area contributed by atoms with Crippen LogP contribution in [-0.2, 0) is 9.59 Å². The summed E-state index contributed by atoms with van der Waals surface area (Å²) in [7, 11) is 1.58. The number of methoxy groups -OCH3 is 1. The Kier molecular flexibility index (Phi) is 6.00. The van der Waals surface area contributed by atoms with E-state index < -0.39 is 18.0 Å². The number of rotatable bonds is 7. The van der Waals surface area contributed by atoms with Crippen LogP contribution in [0.4, 0.5) is 5.69 Å². The molecule has 0 radical (unpaired) electrons. The highest BCUT2D eigenvalue weighted by Gasteiger charge is 2.16. The highest BCUT2D eigenvalue weighted by molar-refractivity contribution is 5.94. The fourth-order valence-electron chi connectivity index (χ4n) is 2.15. The maximum absolute atomic E-state index is 12.2. The molecule has 0 saturated heterocycles. The number of ether oxygens (including phenoxy) is 2. The Morgan fingerprint density at radius 1 is 0.960 bits per heavy atom. The lowest BCUT2D eigenvalue weighted by Crippen LogP contribution is -2.30. The van der Waals surface area contributed by atoms with Crippen molar-refractivity contribution in [3.8, 4) is 11.5 Å². The van der Waals surface area contributed by atoms with Crippen molar-refractivity contribution in [3.63, 3.8) is 0 Å². The number of carbonyl (C=O) groups is 2. The van der Waals surface area contributed by atoms with Crippen molar-refractivity contribution in [2.45, 2.75) is 25.9 Å². The molecule has 0 heterocycles. The summed E-state index contributed by atoms with van der Waals surface area (Å²) < 4.78 is 10.7. The van der Waals surface area contributed by atoms with Gasteiger partial charge in [-0.25, -0.2) is 0 Å². The number of benzene rings is 2. The number of aliphatic carboxylic acids is 1. The van der Waals surface area contributed by atoms with Gasteiger partial charge in [-0.2, -0.15) is 0 Å². The molecule has 0 spiro atoms. The largest absolute Gasteiger partial charge is 0.497 e. The van der Waals surface area contributed by atoms with Gasteiger partial charge in [0.2, 0.25) is 0 Å². The van der Waals surface area contributed by atoms with Gasteiger partial charge in [0.1, 0.15) is 11.5 Å². The third-order valence-electron chi connectivity index (χ3n) is 3.79. The van der Waals surface area contributed by atoms with Crippen LogP contribution in [0.25, 0.3) is 0 Å². The minimum atomic E-state index is -0.890. The average molecular weight is 343 g/mol. The van der Waals surface area contributed by atoms with E-state index in [1.165, 1.54) is 0 Å². The zero-order valence-electron chi connectivity index (χ0n) is 14.4. The highest BCUT2D eigenvalue weighted by atomic mass is 16.5. The molecule has 0 aromatic heterocycles. The quantitative estimate of drug-likeness (QED) is 0.806. The predicted molar refractivity (Wildman–Crippen MR) is 94.2 cm³/mol. The van der Waals surface area contributed by atoms with Crippen LogP contribution < -0.4 is 14.8 Å². The van der Waals surface area contributed by atoms with E-state index in [2.05, 4.69) is 5.32 Å². The minimum absolute atomic E-state index is 0.296. The molecule has 0 saturated carbocycles. The van der Waals surface area contributed by atoms with Crippen LogP contribution in [0, 0.1) is 0 Å². The molecule has 2 N–H and O–H groups in total. The Morgan fingerprint density at radius 2 is 1.52 bits per heavy atom. The molecule has 0 bridgehead atoms. The van der Waals surface area contributed by atoms with E-state index in [0.717, 1.165) is 0 Å². The summed E-state index contributed by atoms with van der Waals surface area (Å²) in [5.41, 5.74) is 1.25. The molecule has 6 nitrogen and oxygen atoms in total. The van der Waals surface area contributed by atoms with E-state index in [0.29, 0.717) is 22.7 Å². The Bertz CT molecular complexity index is 724. The second kappa shape index (κ2) is 8.19. The zero-order valence-corrected chi connectivity index (χ0v) is 14.4. The van der Waals surface area contributed by atoms with E-state index >= 15 is 0 Å². The summed E-state index contributed by atoms with van der Waals surface area (Å²) in [5.74, 6) is -0.510. The van der Waals surface area contributed by atoms with Gasteiger partial charge in [-0.15, -0.1) is 0 Å². The molecule has 0 fully saturated rings. The lowest BCUT2D eigenvalue weighted by Gasteiger charge is -2.15. The molecular formula is C19H21NO5. The van der Waals surface area contributed by atoms with Gasteiger partial charge in [-0.1, -0.05) is 12.1 Å². The lowest BCUT2D eigenvalue weighted by molar-refractivity contribution is -0.138. The van der Waals surface area contributed by atoms with Gasteiger partial charge in [-0.3, -0.25) is 9.59 Å². The smallest absolute Gasteiger partial charge is 0.310 e. The molecule has 2 rings (SSSR count). The molecular weight excluding hydrogens is 322 g/mol. The summed E-state index contributed by atoms with van der Waals surface area (Å²) in [6, 6.07) is 13.7. The number of nitrogens with one attached hydrogen (secondary N) is 1. The Labute approximate surface area is 146 Å². The Balaban J connectivity index is 1.94. The van der Waals surface area contributed by atoms with Gasteiger partial charge in [0.25, 0.3) is 5.91 Å². The number of amides is 1. The Morgan fingerprint density at radius 3 is 2.04 bits per heavy atom. The van der Waals surface area contributed by atoms with Gasteiger partial charge in [0.05, 0.1) is 13.0 Å². The number of hydrogen-bond acceptors (Lipinski definition) is 4. The second-order valence-electron chi connectivity index (χ2n) is 5.61. The maximum Gasteiger partial charge on any atom is 0.310 e. The van der Waals surface area contributed by atoms with E-state index in [4.69, 9.17) is 14.6 Å². The molecule has 0 aliphatic rings. The van der Waals surface area contributed by atoms with Crippen LogP contribution in [0.2, 0.25) is 0 Å². The normalized spacial score (nSPS) is 12.8. The molecule has 0 aliphatic heterocycles. The summed E-state index contributed by atoms with van der Waals surface area (Å²) in [6.07, 6.45) is -0.689. The first-order valence-electron chi connectivity index (χ1n) is 7.85. The van der Waals surface area contributed by atoms with Crippen molar-refractivity contribution < 1.29 is 24.2 Å². The molecule has 0 aliphatic carbocycles. The summed E-state index contributed by atoms with van der Waals surface area (Å²) >= 11 is 0. The fourth-order valence-corrected chi connectivity index (χ4v) is 2.15. The van der Waals surface area contributed by atoms with Crippen molar-refractivity contribution in [2.75, 3.05) is 12.4 Å². The SMILES string of the molecule is COc1ccc(OC(C)C(=O)Nc2ccc(C(C)C(=O)O)cc2)cc1. The van der Waals surface area contributed by atoms with Crippen LogP contribution in [0.1, 0.15) is 25.3 Å². The van der Waals surface area contributed by atoms with E-state index in [1.54, 1.807) is 69.5 Å². The first-order chi connectivity index (χ1) is 11.9. The molecule has 6 heteroatoms. The average Bonchev–Trinajstić information content (AvgIpc) is 2.62. The predicted octanol–water partition coefficient (Wildman–Crippen LogP) is 3.29. The van der Waals surface area contributed by atoms with Gasteiger partial charge in [0, 0.05) is 5.69 Å². The number of anilines is 1. The number of carbonyl (C=O) groups excluding carboxylic acids is 1. The van der Waals surface area contributed by atoms with Crippen molar-refractivity contribution in [3.05, 3.63) is 54.1 Å². The number of carboxylic acid groups (broad SMARTS) is 1. The van der Waals surface area contributed by atoms with E-state index in [1.807, 2.05) is 0 Å². The number of carboxylic acids is 1. The van der Waals surface area contributed by atoms with Crippen molar-refractivity contribution >= 4 is 17.6 Å². The lowest BCUT2D eigenvalue weighted by atomic mass is 10.0. The van der Waals surface area contributed by atoms with Crippen LogP contribution in [0.5, 0.6) is 11.5 Å². The third-order valence-corrected chi connectivity index (χ3v) is 3.79. The van der Waals surface area contributed by atoms with Crippen molar-refractivity contribution in [2.24, 2.45) is 0 Å². The third kappa shape index (κ3) is 4.97. The first-order valence-corrected chi connectivity index (χ1v) is 7.85. The summed E-state index contributed by atoms with van der Waals surface area (Å²) in [5, 5.41) is 11.7. The monoisotopic (exact) mass is 343 g/mol. The maximum atomic E-state index is 12.2. The van der Waals surface area contributed by atoms with Gasteiger partial charge in [-0.05, 0) is 55.8 Å². The van der Waals surface area contributed by atoms with Gasteiger partial charge >= 0.3 is 5.97 Å². The molecule has 25 heavy (non-hydrogen) atoms. The first kappa shape index (κ1) is 18.3. The van der Waals surface area contributed by atoms with Crippen LogP contribution >= 0.6 is 0 Å². The molecule has 2 unspecified atom stereocenters. The molecule has 2 aromatic carbocycles. The zero-order chi connectivity index (χ0) is 18.4. The van der Waals surface area contributed by atoms with Crippen LogP contribution in [0.3, 0.4) is 0 Å². The standard InChI is InChI=1S/C19H21NO5/c1-12(19(22)23)14-4-6-15(7-5-14)20-18(21)13(2)25-17-10-8-16(24-3)9-11-17/h4-13H,1-3H3,(H,20,21)(H,22,23). The van der Waals surface area contributed by atoms with E-state index in [-0.39, 0.29) is 5.91 Å². The molecule has 132 valence electrons. The van der Waals surface area contributed by atoms with Gasteiger partial charge in [0.15, 0.2) is 6.10 Å². The molecule has 2 atom stereocenters. The molecule has 2 aromatic rings.